The predicted octanol–water partition coefficient (Wildman–Crippen LogP) is 3.29. The van der Waals surface area contributed by atoms with Crippen molar-refractivity contribution in [1.82, 2.24) is 4.90 Å². The summed E-state index contributed by atoms with van der Waals surface area (Å²) in [4.78, 5) is 1.29. The first-order valence-electron chi connectivity index (χ1n) is 4.90. The van der Waals surface area contributed by atoms with Crippen molar-refractivity contribution in [1.29, 1.82) is 0 Å². The Morgan fingerprint density at radius 3 is 2.25 bits per heavy atom. The van der Waals surface area contributed by atoms with Crippen LogP contribution in [0.2, 0.25) is 0 Å². The summed E-state index contributed by atoms with van der Waals surface area (Å²) in [5.74, 6) is 0.197. The van der Waals surface area contributed by atoms with Crippen molar-refractivity contribution in [2.75, 3.05) is 19.0 Å². The minimum atomic E-state index is -4.18. The zero-order valence-corrected chi connectivity index (χ0v) is 9.43. The van der Waals surface area contributed by atoms with Gasteiger partial charge in [0, 0.05) is 19.0 Å². The Hall–Kier alpha value is -0.740. The van der Waals surface area contributed by atoms with Gasteiger partial charge in [-0.15, -0.1) is 11.6 Å². The second-order valence-corrected chi connectivity index (χ2v) is 3.88. The highest BCUT2D eigenvalue weighted by atomic mass is 35.5. The molecule has 0 heterocycles. The molecule has 16 heavy (non-hydrogen) atoms. The van der Waals surface area contributed by atoms with Gasteiger partial charge in [0.2, 0.25) is 0 Å². The third-order valence-electron chi connectivity index (χ3n) is 2.05. The topological polar surface area (TPSA) is 3.24 Å². The molecule has 0 bridgehead atoms. The lowest BCUT2D eigenvalue weighted by Gasteiger charge is -2.22. The first kappa shape index (κ1) is 13.3. The fourth-order valence-electron chi connectivity index (χ4n) is 1.43. The minimum Gasteiger partial charge on any atom is -0.290 e. The summed E-state index contributed by atoms with van der Waals surface area (Å²) in [6, 6.07) is 9.05. The Morgan fingerprint density at radius 1 is 1.12 bits per heavy atom. The first-order chi connectivity index (χ1) is 7.51. The smallest absolute Gasteiger partial charge is 0.290 e. The third-order valence-corrected chi connectivity index (χ3v) is 2.22. The van der Waals surface area contributed by atoms with Gasteiger partial charge in [-0.2, -0.15) is 13.2 Å². The molecule has 5 heteroatoms. The van der Waals surface area contributed by atoms with Crippen LogP contribution in [-0.2, 0) is 6.54 Å². The van der Waals surface area contributed by atoms with E-state index >= 15 is 0 Å². The molecule has 1 aromatic rings. The van der Waals surface area contributed by atoms with Crippen molar-refractivity contribution < 1.29 is 13.2 Å². The van der Waals surface area contributed by atoms with Crippen LogP contribution in [-0.4, -0.2) is 30.0 Å². The fraction of sp³-hybridized carbons (Fsp3) is 0.455. The van der Waals surface area contributed by atoms with E-state index in [-0.39, 0.29) is 19.0 Å². The lowest BCUT2D eigenvalue weighted by molar-refractivity contribution is -0.146. The Bertz CT molecular complexity index is 300. The number of benzene rings is 1. The van der Waals surface area contributed by atoms with E-state index in [0.29, 0.717) is 0 Å². The molecule has 0 saturated heterocycles. The summed E-state index contributed by atoms with van der Waals surface area (Å²) in [5.41, 5.74) is 0.858. The van der Waals surface area contributed by atoms with Crippen LogP contribution in [0, 0.1) is 0 Å². The molecule has 0 aliphatic heterocycles. The van der Waals surface area contributed by atoms with E-state index in [1.54, 1.807) is 12.1 Å². The van der Waals surface area contributed by atoms with Crippen LogP contribution in [0.15, 0.2) is 30.3 Å². The average Bonchev–Trinajstić information content (AvgIpc) is 2.17. The zero-order valence-electron chi connectivity index (χ0n) is 8.67. The summed E-state index contributed by atoms with van der Waals surface area (Å²) >= 11 is 5.48. The molecule has 0 aliphatic rings. The molecule has 0 aromatic heterocycles. The van der Waals surface area contributed by atoms with Gasteiger partial charge in [0.15, 0.2) is 0 Å². The normalized spacial score (nSPS) is 12.1. The summed E-state index contributed by atoms with van der Waals surface area (Å²) in [6.45, 7) is -0.419. The van der Waals surface area contributed by atoms with Crippen molar-refractivity contribution >= 4 is 11.6 Å². The van der Waals surface area contributed by atoms with Gasteiger partial charge in [0.1, 0.15) is 0 Å². The molecule has 0 N–H and O–H groups in total. The minimum absolute atomic E-state index is 0.197. The summed E-state index contributed by atoms with van der Waals surface area (Å²) in [7, 11) is 0. The number of rotatable bonds is 5. The second kappa shape index (κ2) is 6.11. The average molecular weight is 252 g/mol. The monoisotopic (exact) mass is 251 g/mol. The standard InChI is InChI=1S/C11H13ClF3N/c12-6-7-16(9-11(13,14)15)8-10-4-2-1-3-5-10/h1-5H,6-9H2. The van der Waals surface area contributed by atoms with Crippen LogP contribution in [0.4, 0.5) is 13.2 Å². The van der Waals surface area contributed by atoms with Crippen LogP contribution < -0.4 is 0 Å². The predicted molar refractivity (Wildman–Crippen MR) is 58.5 cm³/mol. The molecule has 0 fully saturated rings. The van der Waals surface area contributed by atoms with Crippen molar-refractivity contribution in [3.8, 4) is 0 Å². The molecule has 90 valence electrons. The van der Waals surface area contributed by atoms with Gasteiger partial charge >= 0.3 is 6.18 Å². The van der Waals surface area contributed by atoms with Crippen molar-refractivity contribution in [2.45, 2.75) is 12.7 Å². The Balaban J connectivity index is 2.58. The van der Waals surface area contributed by atoms with Gasteiger partial charge in [-0.25, -0.2) is 0 Å². The molecule has 0 aliphatic carbocycles. The number of hydrogen-bond donors (Lipinski definition) is 0. The molecule has 0 spiro atoms. The highest BCUT2D eigenvalue weighted by Gasteiger charge is 2.30. The van der Waals surface area contributed by atoms with Gasteiger partial charge < -0.3 is 0 Å². The van der Waals surface area contributed by atoms with E-state index in [4.69, 9.17) is 11.6 Å². The zero-order chi connectivity index (χ0) is 12.0. The van der Waals surface area contributed by atoms with Crippen molar-refractivity contribution in [2.24, 2.45) is 0 Å². The van der Waals surface area contributed by atoms with Crippen LogP contribution >= 0.6 is 11.6 Å². The van der Waals surface area contributed by atoms with Crippen molar-refractivity contribution in [3.05, 3.63) is 35.9 Å². The van der Waals surface area contributed by atoms with Crippen molar-refractivity contribution in [3.63, 3.8) is 0 Å². The van der Waals surface area contributed by atoms with E-state index in [1.165, 1.54) is 4.90 Å². The molecular formula is C11H13ClF3N. The van der Waals surface area contributed by atoms with Gasteiger partial charge in [0.25, 0.3) is 0 Å². The fourth-order valence-corrected chi connectivity index (χ4v) is 1.67. The summed E-state index contributed by atoms with van der Waals surface area (Å²) in [6.07, 6.45) is -4.18. The first-order valence-corrected chi connectivity index (χ1v) is 5.44. The maximum Gasteiger partial charge on any atom is 0.401 e. The van der Waals surface area contributed by atoms with E-state index < -0.39 is 12.7 Å². The molecule has 1 aromatic carbocycles. The van der Waals surface area contributed by atoms with Gasteiger partial charge in [-0.05, 0) is 5.56 Å². The Kier molecular flexibility index (Phi) is 5.09. The maximum atomic E-state index is 12.2. The summed E-state index contributed by atoms with van der Waals surface area (Å²) in [5, 5.41) is 0. The van der Waals surface area contributed by atoms with Crippen LogP contribution in [0.25, 0.3) is 0 Å². The Labute approximate surface area is 97.8 Å². The lowest BCUT2D eigenvalue weighted by atomic mass is 10.2. The van der Waals surface area contributed by atoms with E-state index in [9.17, 15) is 13.2 Å². The van der Waals surface area contributed by atoms with Gasteiger partial charge in [-0.1, -0.05) is 30.3 Å². The Morgan fingerprint density at radius 2 is 1.75 bits per heavy atom. The molecular weight excluding hydrogens is 239 g/mol. The molecule has 0 radical (unpaired) electrons. The molecule has 0 unspecified atom stereocenters. The molecule has 0 saturated carbocycles. The largest absolute Gasteiger partial charge is 0.401 e. The number of nitrogens with zero attached hydrogens (tertiary/aromatic N) is 1. The number of hydrogen-bond acceptors (Lipinski definition) is 1. The molecule has 0 atom stereocenters. The van der Waals surface area contributed by atoms with Crippen LogP contribution in [0.5, 0.6) is 0 Å². The third kappa shape index (κ3) is 5.37. The van der Waals surface area contributed by atoms with E-state index in [2.05, 4.69) is 0 Å². The maximum absolute atomic E-state index is 12.2. The SMILES string of the molecule is FC(F)(F)CN(CCCl)Cc1ccccc1. The highest BCUT2D eigenvalue weighted by molar-refractivity contribution is 6.18. The quantitative estimate of drug-likeness (QED) is 0.726. The molecule has 1 rings (SSSR count). The molecule has 0 amide bonds. The summed E-state index contributed by atoms with van der Waals surface area (Å²) < 4.78 is 36.7. The van der Waals surface area contributed by atoms with Gasteiger partial charge in [0.05, 0.1) is 6.54 Å². The van der Waals surface area contributed by atoms with E-state index in [1.807, 2.05) is 18.2 Å². The van der Waals surface area contributed by atoms with Gasteiger partial charge in [-0.3, -0.25) is 4.90 Å². The van der Waals surface area contributed by atoms with E-state index in [0.717, 1.165) is 5.56 Å². The number of halogens is 4. The highest BCUT2D eigenvalue weighted by Crippen LogP contribution is 2.18. The number of alkyl halides is 4. The lowest BCUT2D eigenvalue weighted by Crippen LogP contribution is -2.35. The second-order valence-electron chi connectivity index (χ2n) is 3.50. The molecule has 1 nitrogen and oxygen atoms in total. The van der Waals surface area contributed by atoms with Crippen LogP contribution in [0.3, 0.4) is 0 Å². The van der Waals surface area contributed by atoms with Crippen LogP contribution in [0.1, 0.15) is 5.56 Å².